The summed E-state index contributed by atoms with van der Waals surface area (Å²) in [4.78, 5) is 95.6. The van der Waals surface area contributed by atoms with Crippen molar-refractivity contribution in [2.45, 2.75) is 156 Å². The Balaban J connectivity index is 0.000000213. The number of pyridine rings is 6. The summed E-state index contributed by atoms with van der Waals surface area (Å²) in [7, 11) is -13.4. The van der Waals surface area contributed by atoms with Crippen LogP contribution in [0.2, 0.25) is 0 Å². The number of Topliss-reactive ketones (excluding diaryl/α,β-unsaturated/α-hetero) is 3. The van der Waals surface area contributed by atoms with Crippen molar-refractivity contribution >= 4 is 190 Å². The van der Waals surface area contributed by atoms with Crippen molar-refractivity contribution in [2.75, 3.05) is 55.7 Å². The van der Waals surface area contributed by atoms with Gasteiger partial charge in [0.25, 0.3) is 17.7 Å². The van der Waals surface area contributed by atoms with Gasteiger partial charge in [0, 0.05) is 150 Å². The number of benzene rings is 6. The highest BCUT2D eigenvalue weighted by atomic mass is 79.9. The lowest BCUT2D eigenvalue weighted by Crippen LogP contribution is -2.36. The van der Waals surface area contributed by atoms with Gasteiger partial charge < -0.3 is 44.4 Å². The van der Waals surface area contributed by atoms with Gasteiger partial charge in [-0.3, -0.25) is 58.7 Å². The maximum absolute atomic E-state index is 12.9. The average Bonchev–Trinajstić information content (AvgIpc) is 0.464. The first-order valence-corrected chi connectivity index (χ1v) is 58.8. The first kappa shape index (κ1) is 119. The Morgan fingerprint density at radius 2 is 0.517 bits per heavy atom. The van der Waals surface area contributed by atoms with Crippen molar-refractivity contribution < 1.29 is 108 Å². The standard InChI is InChI=1S/C20H23BrN2O4S.C17H19BrN2O4S.C16H17BrN2O4S.2C16H16BrNO4S.C15H14BrNO4S/c1-27-18-8-7-16(21)10-19(18)28(25,26)13-14-9-15(12-22-11-14)20(24)23-17-5-3-2-4-6-17;1-3-6-20-17(21)13-7-12(9-19-10-13)11-25(22,23)16-8-14(18)4-5-15(16)24-2;1-3-19-16(20)12-6-11(8-18-9-12)10-24(21,22)15-7-13(17)4-5-14(15)23-2;2*1-3-14(19)12-6-11(8-18-9-12)10-23(20,21)16-7-13(17)4-5-15(16)22-2;1-10(18)12-5-11(7-17-8-12)9-22(19,20)15-6-13(16)3-4-14(15)21-2/h7-12,17H,2-6,13H2,1H3,(H,23,24);4-5,7-10H,3,6,11H2,1-2H3,(H,20,21);4-9H,3,10H2,1-2H3,(H,19,20);2*4-9H,3,10H2,1-2H3;3-8H,9H2,1-2H3. The van der Waals surface area contributed by atoms with E-state index in [0.29, 0.717) is 120 Å². The molecule has 1 saturated carbocycles. The van der Waals surface area contributed by atoms with Gasteiger partial charge in [0.1, 0.15) is 63.9 Å². The summed E-state index contributed by atoms with van der Waals surface area (Å²) in [6, 6.07) is 38.3. The number of sulfone groups is 6. The van der Waals surface area contributed by atoms with E-state index in [2.05, 4.69) is 141 Å². The molecule has 1 aliphatic carbocycles. The molecule has 0 bridgehead atoms. The number of amides is 3. The molecule has 13 rings (SSSR count). The molecule has 1 aliphatic rings. The van der Waals surface area contributed by atoms with Crippen molar-refractivity contribution in [1.82, 2.24) is 45.9 Å². The number of nitrogens with zero attached hydrogens (tertiary/aromatic N) is 6. The molecule has 33 nitrogen and oxygen atoms in total. The van der Waals surface area contributed by atoms with Crippen molar-refractivity contribution in [3.05, 3.63) is 314 Å². The van der Waals surface area contributed by atoms with E-state index in [1.54, 1.807) is 118 Å². The van der Waals surface area contributed by atoms with Crippen LogP contribution in [0.4, 0.5) is 0 Å². The Morgan fingerprint density at radius 1 is 0.297 bits per heavy atom. The van der Waals surface area contributed by atoms with Gasteiger partial charge in [0.15, 0.2) is 76.4 Å². The summed E-state index contributed by atoms with van der Waals surface area (Å²) < 4.78 is 187. The number of hydrogen-bond acceptors (Lipinski definition) is 30. The highest BCUT2D eigenvalue weighted by molar-refractivity contribution is 9.11. The largest absolute Gasteiger partial charge is 0.495 e. The zero-order valence-corrected chi connectivity index (χ0v) is 94.8. The average molecular weight is 2490 g/mol. The second-order valence-corrected chi connectivity index (χ2v) is 49.1. The monoisotopic (exact) mass is 2480 g/mol. The molecule has 3 N–H and O–H groups in total. The highest BCUT2D eigenvalue weighted by Gasteiger charge is 2.30. The van der Waals surface area contributed by atoms with Crippen LogP contribution in [0, 0.1) is 0 Å². The first-order valence-electron chi connectivity index (χ1n) is 44.2. The van der Waals surface area contributed by atoms with E-state index < -0.39 is 59.0 Å². The van der Waals surface area contributed by atoms with Gasteiger partial charge in [0.05, 0.1) is 93.9 Å². The quantitative estimate of drug-likeness (QED) is 0.0307. The van der Waals surface area contributed by atoms with Crippen LogP contribution in [0.25, 0.3) is 0 Å². The van der Waals surface area contributed by atoms with Gasteiger partial charge in [-0.15, -0.1) is 0 Å². The molecule has 6 aromatic carbocycles. The Hall–Kier alpha value is -11.0. The number of aromatic nitrogens is 6. The van der Waals surface area contributed by atoms with Crippen LogP contribution in [-0.4, -0.2) is 177 Å². The third-order valence-electron chi connectivity index (χ3n) is 21.0. The number of rotatable bonds is 36. The molecule has 12 aromatic rings. The van der Waals surface area contributed by atoms with Crippen molar-refractivity contribution in [3.8, 4) is 34.5 Å². The molecule has 772 valence electrons. The number of methoxy groups -OCH3 is 6. The van der Waals surface area contributed by atoms with Crippen LogP contribution >= 0.6 is 95.6 Å². The fourth-order valence-corrected chi connectivity index (χ4v) is 26.1. The minimum atomic E-state index is -3.67. The molecule has 145 heavy (non-hydrogen) atoms. The molecule has 0 atom stereocenters. The number of halogens is 6. The molecular weight excluding hydrogens is 2380 g/mol. The molecule has 3 amide bonds. The molecule has 0 radical (unpaired) electrons. The summed E-state index contributed by atoms with van der Waals surface area (Å²) in [5.41, 5.74) is 4.96. The minimum absolute atomic E-state index is 0.0724. The lowest BCUT2D eigenvalue weighted by atomic mass is 9.95. The zero-order valence-electron chi connectivity index (χ0n) is 80.4. The molecule has 1 fully saturated rings. The summed E-state index contributed by atoms with van der Waals surface area (Å²) in [6.07, 6.45) is 24.2. The van der Waals surface area contributed by atoms with E-state index in [1.165, 1.54) is 179 Å². The number of nitrogens with one attached hydrogen (secondary N) is 3. The number of carbonyl (C=O) groups is 6. The molecule has 6 aromatic heterocycles. The molecule has 0 unspecified atom stereocenters. The lowest BCUT2D eigenvalue weighted by Gasteiger charge is -2.22. The van der Waals surface area contributed by atoms with Gasteiger partial charge in [-0.25, -0.2) is 50.5 Å². The zero-order chi connectivity index (χ0) is 107. The number of carbonyl (C=O) groups excluding carboxylic acids is 6. The fourth-order valence-electron chi connectivity index (χ4n) is 13.9. The molecule has 0 aliphatic heterocycles. The summed E-state index contributed by atoms with van der Waals surface area (Å²) in [6.45, 7) is 9.70. The third-order valence-corrected chi connectivity index (χ3v) is 34.1. The number of ketones is 3. The van der Waals surface area contributed by atoms with Gasteiger partial charge in [0.2, 0.25) is 0 Å². The predicted molar refractivity (Wildman–Crippen MR) is 569 cm³/mol. The van der Waals surface area contributed by atoms with E-state index >= 15 is 0 Å². The van der Waals surface area contributed by atoms with Gasteiger partial charge in [-0.2, -0.15) is 0 Å². The van der Waals surface area contributed by atoms with Gasteiger partial charge in [-0.1, -0.05) is 136 Å². The van der Waals surface area contributed by atoms with E-state index in [9.17, 15) is 79.3 Å². The maximum Gasteiger partial charge on any atom is 0.253 e. The molecule has 0 spiro atoms. The second-order valence-electron chi connectivity index (χ2n) is 31.9. The van der Waals surface area contributed by atoms with Crippen LogP contribution in [-0.2, 0) is 93.5 Å². The summed E-state index contributed by atoms with van der Waals surface area (Å²) >= 11 is 19.6. The van der Waals surface area contributed by atoms with E-state index in [4.69, 9.17) is 28.4 Å². The lowest BCUT2D eigenvalue weighted by molar-refractivity contribution is 0.0922. The molecular formula is C100H105Br6N9O24S6. The number of ether oxygens (including phenoxy) is 6. The Bertz CT molecular complexity index is 7260. The van der Waals surface area contributed by atoms with Crippen molar-refractivity contribution in [3.63, 3.8) is 0 Å². The minimum Gasteiger partial charge on any atom is -0.495 e. The third kappa shape index (κ3) is 36.0. The normalized spacial score (nSPS) is 12.0. The highest BCUT2D eigenvalue weighted by Crippen LogP contribution is 2.38. The first-order chi connectivity index (χ1) is 68.7. The van der Waals surface area contributed by atoms with Crippen LogP contribution in [0.15, 0.2) is 276 Å². The van der Waals surface area contributed by atoms with Crippen LogP contribution in [0.1, 0.15) is 182 Å². The van der Waals surface area contributed by atoms with Crippen LogP contribution in [0.3, 0.4) is 0 Å². The molecule has 45 heteroatoms. The summed E-state index contributed by atoms with van der Waals surface area (Å²) in [5, 5.41) is 8.42. The van der Waals surface area contributed by atoms with Crippen molar-refractivity contribution in [1.29, 1.82) is 0 Å². The maximum atomic E-state index is 12.9. The fraction of sp³-hybridized carbons (Fsp3) is 0.280. The number of hydrogen-bond donors (Lipinski definition) is 3. The van der Waals surface area contributed by atoms with Gasteiger partial charge in [-0.05, 0) is 212 Å². The Morgan fingerprint density at radius 3 is 0.745 bits per heavy atom. The van der Waals surface area contributed by atoms with Crippen LogP contribution in [0.5, 0.6) is 34.5 Å². The van der Waals surface area contributed by atoms with Crippen molar-refractivity contribution in [2.24, 2.45) is 0 Å². The van der Waals surface area contributed by atoms with Gasteiger partial charge >= 0.3 is 0 Å². The second kappa shape index (κ2) is 56.2. The SMILES string of the molecule is CCC(=O)c1cncc(CS(=O)(=O)c2cc(Br)ccc2OC)c1.CCC(=O)c1cncc(CS(=O)(=O)c2cc(Br)ccc2OC)c1.CCCNC(=O)c1cncc(CS(=O)(=O)c2cc(Br)ccc2OC)c1.CCNC(=O)c1cncc(CS(=O)(=O)c2cc(Br)ccc2OC)c1.COc1ccc(Br)cc1S(=O)(=O)Cc1cncc(C(=O)NC2CCCCC2)c1.COc1ccc(Br)cc1S(=O)(=O)Cc1cncc(C(C)=O)c1. The predicted octanol–water partition coefficient (Wildman–Crippen LogP) is 19.3. The van der Waals surface area contributed by atoms with E-state index in [-0.39, 0.29) is 140 Å². The Labute approximate surface area is 894 Å². The smallest absolute Gasteiger partial charge is 0.253 e. The Kier molecular flexibility index (Phi) is 46.3. The molecule has 0 saturated heterocycles. The molecule has 6 heterocycles. The van der Waals surface area contributed by atoms with E-state index in [1.807, 2.05) is 6.92 Å². The topological polar surface area (TPSA) is 476 Å². The van der Waals surface area contributed by atoms with Crippen LogP contribution < -0.4 is 44.4 Å². The van der Waals surface area contributed by atoms with E-state index in [0.717, 1.165) is 32.1 Å². The summed E-state index contributed by atoms with van der Waals surface area (Å²) in [5.74, 6) is -0.997.